The molecule has 0 aliphatic rings. The third-order valence-corrected chi connectivity index (χ3v) is 4.95. The van der Waals surface area contributed by atoms with Gasteiger partial charge in [0.15, 0.2) is 0 Å². The van der Waals surface area contributed by atoms with Crippen LogP contribution in [0.1, 0.15) is 41.8 Å². The van der Waals surface area contributed by atoms with Crippen molar-refractivity contribution in [2.24, 2.45) is 5.84 Å². The molecule has 1 unspecified atom stereocenters. The zero-order valence-electron chi connectivity index (χ0n) is 10.5. The maximum absolute atomic E-state index is 5.70. The van der Waals surface area contributed by atoms with Crippen LogP contribution in [0.4, 0.5) is 0 Å². The van der Waals surface area contributed by atoms with E-state index in [1.165, 1.54) is 16.0 Å². The first-order valence-electron chi connectivity index (χ1n) is 5.92. The normalized spacial score (nSPS) is 12.9. The average molecular weight is 325 g/mol. The summed E-state index contributed by atoms with van der Waals surface area (Å²) in [6, 6.07) is 10.7. The number of hydrogen-bond acceptors (Lipinski definition) is 3. The van der Waals surface area contributed by atoms with Crippen molar-refractivity contribution >= 4 is 27.3 Å². The lowest BCUT2D eigenvalue weighted by Gasteiger charge is -2.16. The van der Waals surface area contributed by atoms with Crippen molar-refractivity contribution in [3.63, 3.8) is 0 Å². The zero-order chi connectivity index (χ0) is 13.1. The second-order valence-electron chi connectivity index (χ2n) is 4.55. The van der Waals surface area contributed by atoms with Crippen LogP contribution in [-0.4, -0.2) is 0 Å². The van der Waals surface area contributed by atoms with Gasteiger partial charge in [-0.05, 0) is 44.4 Å². The minimum Gasteiger partial charge on any atom is -0.271 e. The molecule has 1 heterocycles. The summed E-state index contributed by atoms with van der Waals surface area (Å²) in [6.45, 7) is 4.40. The summed E-state index contributed by atoms with van der Waals surface area (Å²) in [5.41, 5.74) is 5.42. The number of halogens is 1. The van der Waals surface area contributed by atoms with Crippen molar-refractivity contribution < 1.29 is 0 Å². The van der Waals surface area contributed by atoms with Gasteiger partial charge in [0.1, 0.15) is 0 Å². The molecule has 4 heteroatoms. The molecule has 0 bridgehead atoms. The second kappa shape index (κ2) is 5.97. The van der Waals surface area contributed by atoms with Gasteiger partial charge in [-0.1, -0.05) is 38.1 Å². The van der Waals surface area contributed by atoms with Crippen LogP contribution in [0.15, 0.2) is 40.2 Å². The fraction of sp³-hybridized carbons (Fsp3) is 0.286. The Kier molecular flexibility index (Phi) is 4.56. The molecule has 2 nitrogen and oxygen atoms in total. The highest BCUT2D eigenvalue weighted by molar-refractivity contribution is 9.10. The summed E-state index contributed by atoms with van der Waals surface area (Å²) < 4.78 is 1.10. The largest absolute Gasteiger partial charge is 0.271 e. The van der Waals surface area contributed by atoms with E-state index in [9.17, 15) is 0 Å². The summed E-state index contributed by atoms with van der Waals surface area (Å²) in [5, 5.41) is 2.06. The van der Waals surface area contributed by atoms with Crippen molar-refractivity contribution in [2.75, 3.05) is 0 Å². The Morgan fingerprint density at radius 3 is 2.17 bits per heavy atom. The standard InChI is InChI=1S/C14H17BrN2S/c1-9(2)10-3-5-11(6-4-10)13(17-16)14-12(15)7-8-18-14/h3-9,13,17H,16H2,1-2H3. The quantitative estimate of drug-likeness (QED) is 0.653. The number of benzene rings is 1. The van der Waals surface area contributed by atoms with E-state index >= 15 is 0 Å². The van der Waals surface area contributed by atoms with Gasteiger partial charge in [0.05, 0.1) is 6.04 Å². The summed E-state index contributed by atoms with van der Waals surface area (Å²) >= 11 is 5.26. The van der Waals surface area contributed by atoms with Crippen LogP contribution < -0.4 is 11.3 Å². The first-order chi connectivity index (χ1) is 8.63. The van der Waals surface area contributed by atoms with E-state index in [4.69, 9.17) is 5.84 Å². The fourth-order valence-electron chi connectivity index (χ4n) is 1.91. The highest BCUT2D eigenvalue weighted by Gasteiger charge is 2.16. The van der Waals surface area contributed by atoms with E-state index in [2.05, 4.69) is 64.8 Å². The molecule has 0 saturated heterocycles. The van der Waals surface area contributed by atoms with Crippen LogP contribution in [0.3, 0.4) is 0 Å². The number of thiophene rings is 1. The minimum atomic E-state index is 0.0422. The van der Waals surface area contributed by atoms with Crippen LogP contribution in [0.2, 0.25) is 0 Å². The van der Waals surface area contributed by atoms with Crippen LogP contribution in [-0.2, 0) is 0 Å². The van der Waals surface area contributed by atoms with Crippen molar-refractivity contribution in [3.05, 3.63) is 56.2 Å². The lowest BCUT2D eigenvalue weighted by molar-refractivity contribution is 0.644. The van der Waals surface area contributed by atoms with Gasteiger partial charge < -0.3 is 0 Å². The van der Waals surface area contributed by atoms with Crippen molar-refractivity contribution in [3.8, 4) is 0 Å². The van der Waals surface area contributed by atoms with Crippen molar-refractivity contribution in [2.45, 2.75) is 25.8 Å². The number of nitrogens with two attached hydrogens (primary N) is 1. The zero-order valence-corrected chi connectivity index (χ0v) is 12.9. The second-order valence-corrected chi connectivity index (χ2v) is 6.36. The fourth-order valence-corrected chi connectivity index (χ4v) is 3.60. The molecule has 1 atom stereocenters. The van der Waals surface area contributed by atoms with Gasteiger partial charge in [-0.25, -0.2) is 5.43 Å². The van der Waals surface area contributed by atoms with E-state index in [0.717, 1.165) is 4.47 Å². The molecule has 2 rings (SSSR count). The van der Waals surface area contributed by atoms with Gasteiger partial charge in [-0.15, -0.1) is 11.3 Å². The van der Waals surface area contributed by atoms with Crippen LogP contribution in [0.25, 0.3) is 0 Å². The lowest BCUT2D eigenvalue weighted by atomic mass is 9.99. The first kappa shape index (κ1) is 13.7. The van der Waals surface area contributed by atoms with E-state index < -0.39 is 0 Å². The topological polar surface area (TPSA) is 38.0 Å². The summed E-state index contributed by atoms with van der Waals surface area (Å²) in [7, 11) is 0. The van der Waals surface area contributed by atoms with Gasteiger partial charge >= 0.3 is 0 Å². The maximum Gasteiger partial charge on any atom is 0.0813 e. The molecule has 0 saturated carbocycles. The monoisotopic (exact) mass is 324 g/mol. The Labute approximate surface area is 120 Å². The molecule has 0 spiro atoms. The summed E-state index contributed by atoms with van der Waals surface area (Å²) in [4.78, 5) is 1.20. The highest BCUT2D eigenvalue weighted by Crippen LogP contribution is 2.33. The smallest absolute Gasteiger partial charge is 0.0813 e. The van der Waals surface area contributed by atoms with Gasteiger partial charge in [0.25, 0.3) is 0 Å². The van der Waals surface area contributed by atoms with E-state index in [-0.39, 0.29) is 6.04 Å². The minimum absolute atomic E-state index is 0.0422. The summed E-state index contributed by atoms with van der Waals surface area (Å²) in [5.74, 6) is 6.25. The van der Waals surface area contributed by atoms with E-state index in [1.807, 2.05) is 6.07 Å². The predicted molar refractivity (Wildman–Crippen MR) is 81.7 cm³/mol. The van der Waals surface area contributed by atoms with Crippen molar-refractivity contribution in [1.29, 1.82) is 0 Å². The molecule has 1 aromatic heterocycles. The van der Waals surface area contributed by atoms with E-state index in [1.54, 1.807) is 11.3 Å². The van der Waals surface area contributed by atoms with Crippen molar-refractivity contribution in [1.82, 2.24) is 5.43 Å². The molecule has 0 aliphatic heterocycles. The molecule has 0 radical (unpaired) electrons. The third kappa shape index (κ3) is 2.83. The van der Waals surface area contributed by atoms with Crippen LogP contribution >= 0.6 is 27.3 Å². The molecule has 1 aromatic carbocycles. The molecule has 96 valence electrons. The number of rotatable bonds is 4. The molecule has 2 aromatic rings. The van der Waals surface area contributed by atoms with Gasteiger partial charge in [0, 0.05) is 9.35 Å². The number of hydrazine groups is 1. The maximum atomic E-state index is 5.70. The molecule has 3 N–H and O–H groups in total. The predicted octanol–water partition coefficient (Wildman–Crippen LogP) is 4.19. The Hall–Kier alpha value is -0.680. The first-order valence-corrected chi connectivity index (χ1v) is 7.59. The Morgan fingerprint density at radius 1 is 1.11 bits per heavy atom. The van der Waals surface area contributed by atoms with E-state index in [0.29, 0.717) is 5.92 Å². The molecule has 18 heavy (non-hydrogen) atoms. The van der Waals surface area contributed by atoms with Gasteiger partial charge in [0.2, 0.25) is 0 Å². The molecular formula is C14H17BrN2S. The lowest BCUT2D eigenvalue weighted by Crippen LogP contribution is -2.28. The molecule has 0 aliphatic carbocycles. The highest BCUT2D eigenvalue weighted by atomic mass is 79.9. The number of hydrogen-bond donors (Lipinski definition) is 2. The van der Waals surface area contributed by atoms with Crippen LogP contribution in [0, 0.1) is 0 Å². The van der Waals surface area contributed by atoms with Gasteiger partial charge in [-0.2, -0.15) is 0 Å². The molecular weight excluding hydrogens is 308 g/mol. The average Bonchev–Trinajstić information content (AvgIpc) is 2.78. The third-order valence-electron chi connectivity index (χ3n) is 3.01. The Morgan fingerprint density at radius 2 is 1.72 bits per heavy atom. The Balaban J connectivity index is 2.31. The Bertz CT molecular complexity index is 505. The SMILES string of the molecule is CC(C)c1ccc(C(NN)c2sccc2Br)cc1. The van der Waals surface area contributed by atoms with Gasteiger partial charge in [-0.3, -0.25) is 5.84 Å². The molecule has 0 fully saturated rings. The summed E-state index contributed by atoms with van der Waals surface area (Å²) in [6.07, 6.45) is 0. The number of nitrogens with one attached hydrogen (secondary N) is 1. The van der Waals surface area contributed by atoms with Crippen LogP contribution in [0.5, 0.6) is 0 Å². The molecule has 0 amide bonds.